The summed E-state index contributed by atoms with van der Waals surface area (Å²) in [5, 5.41) is 0. The van der Waals surface area contributed by atoms with Crippen LogP contribution in [0.5, 0.6) is 0 Å². The lowest BCUT2D eigenvalue weighted by Gasteiger charge is -2.28. The number of rotatable bonds is 1. The van der Waals surface area contributed by atoms with E-state index in [0.717, 1.165) is 5.92 Å². The molecule has 0 bridgehead atoms. The molecule has 3 nitrogen and oxygen atoms in total. The quantitative estimate of drug-likeness (QED) is 0.546. The van der Waals surface area contributed by atoms with Crippen molar-refractivity contribution in [1.29, 1.82) is 0 Å². The fraction of sp³-hybridized carbons (Fsp3) is 1.00. The fourth-order valence-corrected chi connectivity index (χ4v) is 2.47. The third kappa shape index (κ3) is 1.63. The molecule has 2 atom stereocenters. The molecule has 1 saturated carbocycles. The minimum Gasteiger partial charge on any atom is -0.240 e. The first-order valence-electron chi connectivity index (χ1n) is 5.14. The van der Waals surface area contributed by atoms with Gasteiger partial charge in [0.2, 0.25) is 0 Å². The zero-order valence-corrected chi connectivity index (χ0v) is 7.77. The van der Waals surface area contributed by atoms with Gasteiger partial charge in [0.15, 0.2) is 0 Å². The van der Waals surface area contributed by atoms with Crippen LogP contribution in [0.4, 0.5) is 0 Å². The molecule has 2 unspecified atom stereocenters. The molecule has 2 rings (SSSR count). The van der Waals surface area contributed by atoms with Crippen molar-refractivity contribution in [3.05, 3.63) is 0 Å². The molecular formula is C9H19N3. The van der Waals surface area contributed by atoms with E-state index in [1.54, 1.807) is 0 Å². The minimum atomic E-state index is 0.577. The summed E-state index contributed by atoms with van der Waals surface area (Å²) in [6.45, 7) is 2.24. The van der Waals surface area contributed by atoms with Crippen LogP contribution in [0, 0.1) is 5.92 Å². The Bertz CT molecular complexity index is 143. The second-order valence-corrected chi connectivity index (χ2v) is 4.13. The summed E-state index contributed by atoms with van der Waals surface area (Å²) < 4.78 is 0. The molecule has 70 valence electrons. The Balaban J connectivity index is 1.89. The smallest absolute Gasteiger partial charge is 0.0419 e. The highest BCUT2D eigenvalue weighted by Crippen LogP contribution is 2.28. The average molecular weight is 169 g/mol. The van der Waals surface area contributed by atoms with Gasteiger partial charge in [-0.05, 0) is 25.7 Å². The van der Waals surface area contributed by atoms with Gasteiger partial charge in [0.1, 0.15) is 0 Å². The highest BCUT2D eigenvalue weighted by atomic mass is 15.7. The number of nitrogens with one attached hydrogen (secondary N) is 3. The van der Waals surface area contributed by atoms with Gasteiger partial charge in [-0.2, -0.15) is 5.53 Å². The van der Waals surface area contributed by atoms with E-state index in [1.807, 2.05) is 0 Å². The molecule has 1 heterocycles. The summed E-state index contributed by atoms with van der Waals surface area (Å²) in [5.74, 6) is 0.885. The molecule has 2 fully saturated rings. The molecule has 3 N–H and O–H groups in total. The summed E-state index contributed by atoms with van der Waals surface area (Å²) in [7, 11) is 0. The van der Waals surface area contributed by atoms with Gasteiger partial charge in [-0.1, -0.05) is 19.3 Å². The molecule has 0 amide bonds. The topological polar surface area (TPSA) is 36.1 Å². The molecule has 2 aliphatic rings. The van der Waals surface area contributed by atoms with Gasteiger partial charge in [-0.3, -0.25) is 0 Å². The first-order chi connectivity index (χ1) is 5.88. The first-order valence-corrected chi connectivity index (χ1v) is 5.14. The SMILES string of the molecule is CC1NNNC1C1CCCCC1. The Labute approximate surface area is 74.2 Å². The third-order valence-electron chi connectivity index (χ3n) is 3.24. The van der Waals surface area contributed by atoms with Crippen molar-refractivity contribution < 1.29 is 0 Å². The van der Waals surface area contributed by atoms with Gasteiger partial charge in [0, 0.05) is 12.1 Å². The van der Waals surface area contributed by atoms with Crippen LogP contribution in [0.15, 0.2) is 0 Å². The minimum absolute atomic E-state index is 0.577. The Morgan fingerprint density at radius 3 is 2.33 bits per heavy atom. The summed E-state index contributed by atoms with van der Waals surface area (Å²) in [6.07, 6.45) is 7.11. The van der Waals surface area contributed by atoms with Crippen LogP contribution in [0.3, 0.4) is 0 Å². The Morgan fingerprint density at radius 1 is 1.00 bits per heavy atom. The molecule has 1 saturated heterocycles. The molecule has 0 aromatic heterocycles. The highest BCUT2D eigenvalue weighted by Gasteiger charge is 2.30. The van der Waals surface area contributed by atoms with Crippen molar-refractivity contribution >= 4 is 0 Å². The maximum Gasteiger partial charge on any atom is 0.0419 e. The van der Waals surface area contributed by atoms with Crippen molar-refractivity contribution in [2.24, 2.45) is 5.92 Å². The van der Waals surface area contributed by atoms with E-state index < -0.39 is 0 Å². The van der Waals surface area contributed by atoms with Crippen LogP contribution in [0.1, 0.15) is 39.0 Å². The van der Waals surface area contributed by atoms with Crippen LogP contribution < -0.4 is 16.4 Å². The summed E-state index contributed by atoms with van der Waals surface area (Å²) >= 11 is 0. The summed E-state index contributed by atoms with van der Waals surface area (Å²) in [4.78, 5) is 0. The van der Waals surface area contributed by atoms with Crippen LogP contribution >= 0.6 is 0 Å². The van der Waals surface area contributed by atoms with E-state index in [2.05, 4.69) is 23.3 Å². The van der Waals surface area contributed by atoms with Gasteiger partial charge < -0.3 is 0 Å². The molecule has 0 aromatic carbocycles. The van der Waals surface area contributed by atoms with Crippen molar-refractivity contribution in [1.82, 2.24) is 16.4 Å². The number of hydrogen-bond acceptors (Lipinski definition) is 3. The molecule has 0 aromatic rings. The zero-order valence-electron chi connectivity index (χ0n) is 7.77. The van der Waals surface area contributed by atoms with Gasteiger partial charge in [-0.15, -0.1) is 0 Å². The lowest BCUT2D eigenvalue weighted by Crippen LogP contribution is -2.40. The van der Waals surface area contributed by atoms with E-state index in [1.165, 1.54) is 32.1 Å². The number of hydrogen-bond donors (Lipinski definition) is 3. The predicted octanol–water partition coefficient (Wildman–Crippen LogP) is 0.936. The summed E-state index contributed by atoms with van der Waals surface area (Å²) in [6, 6.07) is 1.22. The Kier molecular flexibility index (Phi) is 2.63. The average Bonchev–Trinajstić information content (AvgIpc) is 2.53. The maximum atomic E-state index is 3.31. The van der Waals surface area contributed by atoms with E-state index >= 15 is 0 Å². The third-order valence-corrected chi connectivity index (χ3v) is 3.24. The largest absolute Gasteiger partial charge is 0.240 e. The van der Waals surface area contributed by atoms with E-state index in [-0.39, 0.29) is 0 Å². The van der Waals surface area contributed by atoms with Crippen LogP contribution in [-0.4, -0.2) is 12.1 Å². The Morgan fingerprint density at radius 2 is 1.75 bits per heavy atom. The summed E-state index contributed by atoms with van der Waals surface area (Å²) in [5.41, 5.74) is 9.54. The van der Waals surface area contributed by atoms with E-state index in [9.17, 15) is 0 Å². The lowest BCUT2D eigenvalue weighted by atomic mass is 9.82. The molecule has 12 heavy (non-hydrogen) atoms. The zero-order chi connectivity index (χ0) is 8.39. The lowest BCUT2D eigenvalue weighted by molar-refractivity contribution is 0.270. The first kappa shape index (κ1) is 8.48. The molecule has 3 heteroatoms. The normalized spacial score (nSPS) is 38.8. The van der Waals surface area contributed by atoms with Crippen molar-refractivity contribution in [2.75, 3.05) is 0 Å². The predicted molar refractivity (Wildman–Crippen MR) is 49.2 cm³/mol. The van der Waals surface area contributed by atoms with Crippen molar-refractivity contribution in [2.45, 2.75) is 51.1 Å². The maximum absolute atomic E-state index is 3.31. The monoisotopic (exact) mass is 169 g/mol. The van der Waals surface area contributed by atoms with Crippen LogP contribution in [0.2, 0.25) is 0 Å². The molecule has 1 aliphatic carbocycles. The second-order valence-electron chi connectivity index (χ2n) is 4.13. The van der Waals surface area contributed by atoms with Gasteiger partial charge in [0.05, 0.1) is 0 Å². The van der Waals surface area contributed by atoms with Gasteiger partial charge in [-0.25, -0.2) is 10.9 Å². The number of hydrazine groups is 2. The van der Waals surface area contributed by atoms with Crippen molar-refractivity contribution in [3.8, 4) is 0 Å². The standard InChI is InChI=1S/C9H19N3/c1-7-9(11-12-10-7)8-5-3-2-4-6-8/h7-12H,2-6H2,1H3. The van der Waals surface area contributed by atoms with Crippen LogP contribution in [0.25, 0.3) is 0 Å². The Hall–Kier alpha value is -0.120. The van der Waals surface area contributed by atoms with E-state index in [4.69, 9.17) is 0 Å². The van der Waals surface area contributed by atoms with Gasteiger partial charge >= 0.3 is 0 Å². The molecule has 0 radical (unpaired) electrons. The molecule has 1 aliphatic heterocycles. The second kappa shape index (κ2) is 3.73. The van der Waals surface area contributed by atoms with Gasteiger partial charge in [0.25, 0.3) is 0 Å². The van der Waals surface area contributed by atoms with E-state index in [0.29, 0.717) is 12.1 Å². The van der Waals surface area contributed by atoms with Crippen LogP contribution in [-0.2, 0) is 0 Å². The van der Waals surface area contributed by atoms with Crippen molar-refractivity contribution in [3.63, 3.8) is 0 Å². The molecule has 0 spiro atoms. The molecular weight excluding hydrogens is 150 g/mol. The fourth-order valence-electron chi connectivity index (χ4n) is 2.47. The highest BCUT2D eigenvalue weighted by molar-refractivity contribution is 4.87.